The topological polar surface area (TPSA) is 17.1 Å². The maximum absolute atomic E-state index is 12.4. The van der Waals surface area contributed by atoms with Crippen LogP contribution in [0.25, 0.3) is 6.08 Å². The van der Waals surface area contributed by atoms with Crippen molar-refractivity contribution in [2.24, 2.45) is 0 Å². The Labute approximate surface area is 114 Å². The van der Waals surface area contributed by atoms with Crippen LogP contribution in [-0.4, -0.2) is 12.8 Å². The number of hydrogen-bond acceptors (Lipinski definition) is 1. The van der Waals surface area contributed by atoms with Crippen LogP contribution in [0.2, 0.25) is 0 Å². The maximum atomic E-state index is 12.4. The lowest BCUT2D eigenvalue weighted by atomic mass is 9.80. The van der Waals surface area contributed by atoms with Gasteiger partial charge in [0.1, 0.15) is 0 Å². The fraction of sp³-hybridized carbons (Fsp3) is 0. The highest BCUT2D eigenvalue weighted by Crippen LogP contribution is 2.11. The predicted molar refractivity (Wildman–Crippen MR) is 75.0 cm³/mol. The van der Waals surface area contributed by atoms with Crippen molar-refractivity contribution >= 4 is 24.3 Å². The number of carbonyl (C=O) groups is 1. The summed E-state index contributed by atoms with van der Waals surface area (Å²) in [5.74, 6) is -0.185. The molecule has 0 N–H and O–H groups in total. The van der Waals surface area contributed by atoms with Crippen molar-refractivity contribution in [3.05, 3.63) is 71.8 Å². The summed E-state index contributed by atoms with van der Waals surface area (Å²) in [6, 6.07) is 13.4. The van der Waals surface area contributed by atoms with E-state index in [0.717, 1.165) is 12.1 Å². The van der Waals surface area contributed by atoms with E-state index in [2.05, 4.69) is 0 Å². The normalized spacial score (nSPS) is 11.8. The van der Waals surface area contributed by atoms with Crippen LogP contribution < -0.4 is 5.46 Å². The summed E-state index contributed by atoms with van der Waals surface area (Å²) >= 11 is 0. The Kier molecular flexibility index (Phi) is 4.08. The SMILES string of the molecule is O=C(/C=C/c1ccc([B-](F)(F)F)cc1)c1ccccc1. The molecule has 0 fully saturated rings. The third kappa shape index (κ3) is 3.60. The minimum absolute atomic E-state index is 0.185. The van der Waals surface area contributed by atoms with Gasteiger partial charge in [-0.15, -0.1) is 5.46 Å². The van der Waals surface area contributed by atoms with Crippen LogP contribution in [0.4, 0.5) is 12.9 Å². The molecule has 0 aliphatic heterocycles. The number of allylic oxidation sites excluding steroid dienone is 1. The molecule has 0 bridgehead atoms. The molecule has 102 valence electrons. The molecule has 0 atom stereocenters. The first-order valence-electron chi connectivity index (χ1n) is 6.04. The van der Waals surface area contributed by atoms with Crippen LogP contribution in [-0.2, 0) is 0 Å². The molecule has 5 heteroatoms. The van der Waals surface area contributed by atoms with Crippen molar-refractivity contribution in [2.45, 2.75) is 0 Å². The first kappa shape index (κ1) is 14.1. The van der Waals surface area contributed by atoms with Crippen LogP contribution in [0.1, 0.15) is 15.9 Å². The Morgan fingerprint density at radius 2 is 1.50 bits per heavy atom. The van der Waals surface area contributed by atoms with Gasteiger partial charge in [0.25, 0.3) is 0 Å². The molecule has 0 aromatic heterocycles. The van der Waals surface area contributed by atoms with Crippen molar-refractivity contribution in [1.29, 1.82) is 0 Å². The summed E-state index contributed by atoms with van der Waals surface area (Å²) in [5, 5.41) is 0. The molecule has 0 saturated carbocycles. The molecule has 2 aromatic carbocycles. The number of halogens is 3. The van der Waals surface area contributed by atoms with Gasteiger partial charge in [0.15, 0.2) is 5.78 Å². The quantitative estimate of drug-likeness (QED) is 0.473. The Morgan fingerprint density at radius 3 is 2.05 bits per heavy atom. The second-order valence-corrected chi connectivity index (χ2v) is 4.31. The maximum Gasteiger partial charge on any atom is 0.509 e. The summed E-state index contributed by atoms with van der Waals surface area (Å²) in [6.45, 7) is -4.97. The summed E-state index contributed by atoms with van der Waals surface area (Å²) in [6.07, 6.45) is 2.85. The molecule has 0 aliphatic rings. The largest absolute Gasteiger partial charge is 0.509 e. The molecular formula is C15H11BF3O-. The van der Waals surface area contributed by atoms with E-state index in [1.807, 2.05) is 0 Å². The van der Waals surface area contributed by atoms with E-state index in [9.17, 15) is 17.7 Å². The van der Waals surface area contributed by atoms with Crippen molar-refractivity contribution in [2.75, 3.05) is 0 Å². The number of benzene rings is 2. The lowest BCUT2D eigenvalue weighted by Gasteiger charge is -2.14. The Balaban J connectivity index is 2.11. The van der Waals surface area contributed by atoms with Crippen molar-refractivity contribution in [3.8, 4) is 0 Å². The van der Waals surface area contributed by atoms with E-state index in [1.165, 1.54) is 24.3 Å². The minimum Gasteiger partial charge on any atom is -0.445 e. The molecule has 0 heterocycles. The molecule has 20 heavy (non-hydrogen) atoms. The Hall–Kier alpha value is -2.30. The van der Waals surface area contributed by atoms with Crippen LogP contribution in [0, 0.1) is 0 Å². The van der Waals surface area contributed by atoms with Gasteiger partial charge in [-0.25, -0.2) is 0 Å². The monoisotopic (exact) mass is 275 g/mol. The molecule has 0 saturated heterocycles. The highest BCUT2D eigenvalue weighted by atomic mass is 19.4. The first-order valence-corrected chi connectivity index (χ1v) is 6.04. The molecule has 0 radical (unpaired) electrons. The van der Waals surface area contributed by atoms with Crippen molar-refractivity contribution < 1.29 is 17.7 Å². The molecule has 1 nitrogen and oxygen atoms in total. The number of ketones is 1. The van der Waals surface area contributed by atoms with Gasteiger partial charge < -0.3 is 12.9 Å². The average molecular weight is 275 g/mol. The van der Waals surface area contributed by atoms with E-state index in [1.54, 1.807) is 30.3 Å². The van der Waals surface area contributed by atoms with E-state index in [0.29, 0.717) is 11.1 Å². The zero-order chi connectivity index (χ0) is 14.6. The van der Waals surface area contributed by atoms with Crippen LogP contribution in [0.5, 0.6) is 0 Å². The minimum atomic E-state index is -4.97. The van der Waals surface area contributed by atoms with Gasteiger partial charge in [0.05, 0.1) is 0 Å². The highest BCUT2D eigenvalue weighted by molar-refractivity contribution is 6.73. The highest BCUT2D eigenvalue weighted by Gasteiger charge is 2.24. The summed E-state index contributed by atoms with van der Waals surface area (Å²) in [7, 11) is 0. The standard InChI is InChI=1S/C15H11BF3O/c17-16(18,19)14-9-6-12(7-10-14)8-11-15(20)13-4-2-1-3-5-13/h1-11H/q-1/b11-8+. The third-order valence-electron chi connectivity index (χ3n) is 2.80. The van der Waals surface area contributed by atoms with Gasteiger partial charge in [-0.05, 0) is 11.6 Å². The van der Waals surface area contributed by atoms with E-state index < -0.39 is 12.4 Å². The van der Waals surface area contributed by atoms with E-state index >= 15 is 0 Å². The van der Waals surface area contributed by atoms with Gasteiger partial charge in [0.2, 0.25) is 0 Å². The van der Waals surface area contributed by atoms with Crippen LogP contribution in [0.15, 0.2) is 60.7 Å². The van der Waals surface area contributed by atoms with E-state index in [-0.39, 0.29) is 5.78 Å². The molecule has 2 aromatic rings. The van der Waals surface area contributed by atoms with Gasteiger partial charge >= 0.3 is 6.98 Å². The number of carbonyl (C=O) groups excluding carboxylic acids is 1. The third-order valence-corrected chi connectivity index (χ3v) is 2.80. The second kappa shape index (κ2) is 5.78. The average Bonchev–Trinajstić information content (AvgIpc) is 2.45. The second-order valence-electron chi connectivity index (χ2n) is 4.31. The van der Waals surface area contributed by atoms with Crippen molar-refractivity contribution in [3.63, 3.8) is 0 Å². The molecule has 0 spiro atoms. The van der Waals surface area contributed by atoms with Gasteiger partial charge in [0, 0.05) is 5.56 Å². The first-order chi connectivity index (χ1) is 9.47. The number of rotatable bonds is 4. The zero-order valence-electron chi connectivity index (χ0n) is 10.5. The van der Waals surface area contributed by atoms with Gasteiger partial charge in [-0.1, -0.05) is 60.7 Å². The Bertz CT molecular complexity index is 616. The lowest BCUT2D eigenvalue weighted by Crippen LogP contribution is -2.33. The molecular weight excluding hydrogens is 264 g/mol. The smallest absolute Gasteiger partial charge is 0.445 e. The summed E-state index contributed by atoms with van der Waals surface area (Å²) < 4.78 is 37.3. The summed E-state index contributed by atoms with van der Waals surface area (Å²) in [4.78, 5) is 11.8. The fourth-order valence-corrected chi connectivity index (χ4v) is 1.70. The van der Waals surface area contributed by atoms with Crippen molar-refractivity contribution in [1.82, 2.24) is 0 Å². The zero-order valence-corrected chi connectivity index (χ0v) is 10.5. The van der Waals surface area contributed by atoms with E-state index in [4.69, 9.17) is 0 Å². The summed E-state index contributed by atoms with van der Waals surface area (Å²) in [5.41, 5.74) is 0.452. The number of hydrogen-bond donors (Lipinski definition) is 0. The molecule has 2 rings (SSSR count). The molecule has 0 amide bonds. The van der Waals surface area contributed by atoms with Crippen LogP contribution >= 0.6 is 0 Å². The molecule has 0 unspecified atom stereocenters. The van der Waals surface area contributed by atoms with Crippen LogP contribution in [0.3, 0.4) is 0 Å². The molecule has 0 aliphatic carbocycles. The fourth-order valence-electron chi connectivity index (χ4n) is 1.70. The van der Waals surface area contributed by atoms with Gasteiger partial charge in [-0.2, -0.15) is 0 Å². The lowest BCUT2D eigenvalue weighted by molar-refractivity contribution is 0.104. The predicted octanol–water partition coefficient (Wildman–Crippen LogP) is 3.64. The Morgan fingerprint density at radius 1 is 0.900 bits per heavy atom. The van der Waals surface area contributed by atoms with Gasteiger partial charge in [-0.3, -0.25) is 4.79 Å².